The van der Waals surface area contributed by atoms with Gasteiger partial charge in [0.05, 0.1) is 10.8 Å². The Balaban J connectivity index is 2.05. The fraction of sp³-hybridized carbons (Fsp3) is 0.533. The lowest BCUT2D eigenvalue weighted by Crippen LogP contribution is -2.16. The van der Waals surface area contributed by atoms with Crippen LogP contribution in [0.15, 0.2) is 23.2 Å². The molecule has 0 amide bonds. The fourth-order valence-corrected chi connectivity index (χ4v) is 3.03. The summed E-state index contributed by atoms with van der Waals surface area (Å²) in [7, 11) is 0. The molecule has 3 rings (SSSR count). The molecule has 0 bridgehead atoms. The van der Waals surface area contributed by atoms with Crippen LogP contribution in [0, 0.1) is 0 Å². The van der Waals surface area contributed by atoms with E-state index in [9.17, 15) is 0 Å². The summed E-state index contributed by atoms with van der Waals surface area (Å²) in [6.45, 7) is 0. The van der Waals surface area contributed by atoms with Gasteiger partial charge in [0, 0.05) is 0 Å². The third-order valence-electron chi connectivity index (χ3n) is 4.34. The molecular formula is C15H17NS. The molecule has 17 heavy (non-hydrogen) atoms. The zero-order valence-corrected chi connectivity index (χ0v) is 10.8. The highest BCUT2D eigenvalue weighted by Gasteiger charge is 2.29. The average molecular weight is 243 g/mol. The Morgan fingerprint density at radius 2 is 1.76 bits per heavy atom. The smallest absolute Gasteiger partial charge is 0.0777 e. The number of benzene rings is 1. The summed E-state index contributed by atoms with van der Waals surface area (Å²) < 4.78 is 0. The number of aliphatic imine (C=N–C) groups is 1. The molecule has 0 unspecified atom stereocenters. The van der Waals surface area contributed by atoms with E-state index in [-0.39, 0.29) is 0 Å². The SMILES string of the molecule is S=C=Nc1cccc(C2CCC2)c1C1CCC1. The molecule has 1 nitrogen and oxygen atoms in total. The molecule has 0 heterocycles. The molecule has 2 aliphatic carbocycles. The van der Waals surface area contributed by atoms with E-state index in [1.165, 1.54) is 44.1 Å². The van der Waals surface area contributed by atoms with Gasteiger partial charge in [0.2, 0.25) is 0 Å². The molecule has 2 saturated carbocycles. The zero-order valence-electron chi connectivity index (χ0n) is 9.98. The second-order valence-corrected chi connectivity index (χ2v) is 5.42. The quantitative estimate of drug-likeness (QED) is 0.540. The van der Waals surface area contributed by atoms with Crippen molar-refractivity contribution in [3.05, 3.63) is 29.3 Å². The van der Waals surface area contributed by atoms with E-state index in [1.54, 1.807) is 5.56 Å². The molecule has 0 atom stereocenters. The number of thiocarbonyl (C=S) groups is 1. The van der Waals surface area contributed by atoms with Gasteiger partial charge in [-0.1, -0.05) is 25.0 Å². The minimum atomic E-state index is 0.730. The van der Waals surface area contributed by atoms with Crippen molar-refractivity contribution in [1.29, 1.82) is 0 Å². The highest BCUT2D eigenvalue weighted by Crippen LogP contribution is 2.48. The maximum Gasteiger partial charge on any atom is 0.0777 e. The first kappa shape index (κ1) is 11.1. The van der Waals surface area contributed by atoms with Crippen LogP contribution >= 0.6 is 12.2 Å². The topological polar surface area (TPSA) is 12.4 Å². The minimum Gasteiger partial charge on any atom is -0.194 e. The van der Waals surface area contributed by atoms with Crippen molar-refractivity contribution in [2.75, 3.05) is 0 Å². The first-order valence-electron chi connectivity index (χ1n) is 6.61. The lowest BCUT2D eigenvalue weighted by Gasteiger charge is -2.34. The fourth-order valence-electron chi connectivity index (χ4n) is 2.93. The van der Waals surface area contributed by atoms with E-state index in [1.807, 2.05) is 0 Å². The molecule has 0 spiro atoms. The monoisotopic (exact) mass is 243 g/mol. The predicted octanol–water partition coefficient (Wildman–Crippen LogP) is 4.96. The van der Waals surface area contributed by atoms with Crippen molar-refractivity contribution < 1.29 is 0 Å². The Labute approximate surface area is 108 Å². The van der Waals surface area contributed by atoms with Gasteiger partial charge < -0.3 is 0 Å². The van der Waals surface area contributed by atoms with Crippen LogP contribution in [0.4, 0.5) is 5.69 Å². The summed E-state index contributed by atoms with van der Waals surface area (Å²) in [5.41, 5.74) is 4.11. The summed E-state index contributed by atoms with van der Waals surface area (Å²) >= 11 is 4.77. The molecule has 0 aliphatic heterocycles. The molecular weight excluding hydrogens is 226 g/mol. The summed E-state index contributed by atoms with van der Waals surface area (Å²) in [6.07, 6.45) is 8.10. The molecule has 0 saturated heterocycles. The Bertz CT molecular complexity index is 466. The second-order valence-electron chi connectivity index (χ2n) is 5.24. The van der Waals surface area contributed by atoms with Crippen LogP contribution in [0.25, 0.3) is 0 Å². The van der Waals surface area contributed by atoms with Gasteiger partial charge in [-0.25, -0.2) is 0 Å². The normalized spacial score (nSPS) is 20.2. The number of rotatable bonds is 3. The largest absolute Gasteiger partial charge is 0.194 e. The molecule has 2 heteroatoms. The third kappa shape index (κ3) is 1.96. The maximum atomic E-state index is 4.77. The van der Waals surface area contributed by atoms with E-state index >= 15 is 0 Å². The number of hydrogen-bond donors (Lipinski definition) is 0. The van der Waals surface area contributed by atoms with Gasteiger partial charge in [-0.05, 0) is 66.9 Å². The van der Waals surface area contributed by atoms with E-state index in [0.717, 1.165) is 17.5 Å². The molecule has 0 N–H and O–H groups in total. The summed E-state index contributed by atoms with van der Waals surface area (Å²) in [4.78, 5) is 4.28. The van der Waals surface area contributed by atoms with Crippen LogP contribution in [-0.4, -0.2) is 5.16 Å². The van der Waals surface area contributed by atoms with Crippen molar-refractivity contribution in [3.8, 4) is 0 Å². The van der Waals surface area contributed by atoms with Gasteiger partial charge in [-0.2, -0.15) is 4.99 Å². The van der Waals surface area contributed by atoms with Gasteiger partial charge >= 0.3 is 0 Å². The van der Waals surface area contributed by atoms with E-state index in [4.69, 9.17) is 12.2 Å². The van der Waals surface area contributed by atoms with Crippen molar-refractivity contribution in [2.24, 2.45) is 4.99 Å². The van der Waals surface area contributed by atoms with Crippen LogP contribution < -0.4 is 0 Å². The molecule has 88 valence electrons. The van der Waals surface area contributed by atoms with Crippen LogP contribution in [0.3, 0.4) is 0 Å². The maximum absolute atomic E-state index is 4.77. The van der Waals surface area contributed by atoms with Crippen molar-refractivity contribution in [2.45, 2.75) is 50.4 Å². The standard InChI is InChI=1S/C15H17NS/c17-10-16-14-9-3-8-13(11-4-1-5-11)15(14)12-6-2-7-12/h3,8-9,11-12H,1-2,4-7H2. The summed E-state index contributed by atoms with van der Waals surface area (Å²) in [5.74, 6) is 1.51. The predicted molar refractivity (Wildman–Crippen MR) is 74.3 cm³/mol. The molecule has 1 aromatic rings. The van der Waals surface area contributed by atoms with Crippen LogP contribution in [0.2, 0.25) is 0 Å². The first-order valence-corrected chi connectivity index (χ1v) is 7.01. The Morgan fingerprint density at radius 3 is 2.29 bits per heavy atom. The van der Waals surface area contributed by atoms with Gasteiger partial charge in [-0.15, -0.1) is 0 Å². The number of hydrogen-bond acceptors (Lipinski definition) is 2. The Morgan fingerprint density at radius 1 is 1.06 bits per heavy atom. The molecule has 0 radical (unpaired) electrons. The Kier molecular flexibility index (Phi) is 3.09. The van der Waals surface area contributed by atoms with Gasteiger partial charge in [0.25, 0.3) is 0 Å². The van der Waals surface area contributed by atoms with E-state index < -0.39 is 0 Å². The lowest BCUT2D eigenvalue weighted by atomic mass is 9.71. The van der Waals surface area contributed by atoms with Crippen molar-refractivity contribution in [3.63, 3.8) is 0 Å². The molecule has 1 aromatic carbocycles. The summed E-state index contributed by atoms with van der Waals surface area (Å²) in [5, 5.41) is 2.54. The lowest BCUT2D eigenvalue weighted by molar-refractivity contribution is 0.389. The summed E-state index contributed by atoms with van der Waals surface area (Å²) in [6, 6.07) is 6.52. The van der Waals surface area contributed by atoms with Crippen LogP contribution in [0.1, 0.15) is 61.5 Å². The number of nitrogens with zero attached hydrogens (tertiary/aromatic N) is 1. The van der Waals surface area contributed by atoms with Gasteiger partial charge in [-0.3, -0.25) is 0 Å². The van der Waals surface area contributed by atoms with Crippen LogP contribution in [-0.2, 0) is 0 Å². The van der Waals surface area contributed by atoms with Gasteiger partial charge in [0.1, 0.15) is 0 Å². The van der Waals surface area contributed by atoms with E-state index in [0.29, 0.717) is 0 Å². The third-order valence-corrected chi connectivity index (χ3v) is 4.43. The highest BCUT2D eigenvalue weighted by atomic mass is 32.1. The van der Waals surface area contributed by atoms with E-state index in [2.05, 4.69) is 28.4 Å². The minimum absolute atomic E-state index is 0.730. The molecule has 0 aromatic heterocycles. The molecule has 2 aliphatic rings. The second kappa shape index (κ2) is 4.72. The van der Waals surface area contributed by atoms with Crippen molar-refractivity contribution >= 4 is 23.1 Å². The van der Waals surface area contributed by atoms with Crippen molar-refractivity contribution in [1.82, 2.24) is 0 Å². The Hall–Kier alpha value is -0.980. The first-order chi connectivity index (χ1) is 8.40. The average Bonchev–Trinajstić information content (AvgIpc) is 2.17. The van der Waals surface area contributed by atoms with Gasteiger partial charge in [0.15, 0.2) is 0 Å². The molecule has 2 fully saturated rings. The number of isothiocyanates is 1. The van der Waals surface area contributed by atoms with Crippen LogP contribution in [0.5, 0.6) is 0 Å². The highest BCUT2D eigenvalue weighted by molar-refractivity contribution is 7.78. The zero-order chi connectivity index (χ0) is 11.7.